The zero-order chi connectivity index (χ0) is 23.1. The molecule has 4 rings (SSSR count). The van der Waals surface area contributed by atoms with Crippen LogP contribution in [-0.4, -0.2) is 28.8 Å². The number of halogens is 4. The lowest BCUT2D eigenvalue weighted by Gasteiger charge is -2.44. The summed E-state index contributed by atoms with van der Waals surface area (Å²) in [6, 6.07) is 13.7. The van der Waals surface area contributed by atoms with Crippen molar-refractivity contribution in [2.24, 2.45) is 5.92 Å². The van der Waals surface area contributed by atoms with E-state index in [9.17, 15) is 27.9 Å². The third kappa shape index (κ3) is 3.85. The average molecular weight is 465 g/mol. The molecule has 2 heterocycles. The lowest BCUT2D eigenvalue weighted by atomic mass is 9.79. The number of carbonyl (C=O) groups excluding carboxylic acids is 2. The average Bonchev–Trinajstić information content (AvgIpc) is 3.23. The Kier molecular flexibility index (Phi) is 5.47. The maximum Gasteiger partial charge on any atom is 0.437 e. The largest absolute Gasteiger partial charge is 0.459 e. The number of ketones is 1. The van der Waals surface area contributed by atoms with Gasteiger partial charge in [-0.1, -0.05) is 54.1 Å². The molecular weight excluding hydrogens is 449 g/mol. The van der Waals surface area contributed by atoms with Gasteiger partial charge in [0.15, 0.2) is 5.78 Å². The summed E-state index contributed by atoms with van der Waals surface area (Å²) in [5.74, 6) is -3.06. The fourth-order valence-electron chi connectivity index (χ4n) is 3.68. The number of carbonyl (C=O) groups is 2. The van der Waals surface area contributed by atoms with Gasteiger partial charge in [0.25, 0.3) is 0 Å². The Morgan fingerprint density at radius 2 is 1.78 bits per heavy atom. The summed E-state index contributed by atoms with van der Waals surface area (Å²) in [6.07, 6.45) is -5.35. The van der Waals surface area contributed by atoms with Gasteiger partial charge in [-0.3, -0.25) is 4.79 Å². The van der Waals surface area contributed by atoms with Crippen LogP contribution in [0.25, 0.3) is 11.3 Å². The number of aliphatic hydroxyl groups is 1. The predicted molar refractivity (Wildman–Crippen MR) is 109 cm³/mol. The van der Waals surface area contributed by atoms with E-state index in [1.165, 1.54) is 41.7 Å². The minimum atomic E-state index is -5.35. The molecule has 0 spiro atoms. The molecule has 0 unspecified atom stereocenters. The van der Waals surface area contributed by atoms with Crippen LogP contribution < -0.4 is 10.6 Å². The molecule has 3 N–H and O–H groups in total. The molecule has 1 aliphatic heterocycles. The zero-order valence-electron chi connectivity index (χ0n) is 16.2. The van der Waals surface area contributed by atoms with Gasteiger partial charge in [0.2, 0.25) is 5.72 Å². The van der Waals surface area contributed by atoms with E-state index in [1.807, 2.05) is 0 Å². The molecule has 0 radical (unpaired) electrons. The second-order valence-corrected chi connectivity index (χ2v) is 7.70. The second-order valence-electron chi connectivity index (χ2n) is 7.26. The molecule has 3 aromatic rings. The van der Waals surface area contributed by atoms with Crippen LogP contribution in [0, 0.1) is 5.92 Å². The third-order valence-corrected chi connectivity index (χ3v) is 5.42. The molecule has 1 fully saturated rings. The van der Waals surface area contributed by atoms with Crippen molar-refractivity contribution in [3.05, 3.63) is 83.1 Å². The van der Waals surface area contributed by atoms with E-state index in [0.717, 1.165) is 0 Å². The Bertz CT molecular complexity index is 1170. The zero-order valence-corrected chi connectivity index (χ0v) is 16.9. The minimum Gasteiger partial charge on any atom is -0.459 e. The van der Waals surface area contributed by atoms with Crippen LogP contribution in [0.4, 0.5) is 18.0 Å². The first-order chi connectivity index (χ1) is 15.1. The maximum atomic E-state index is 13.9. The molecule has 0 bridgehead atoms. The second kappa shape index (κ2) is 7.99. The molecule has 166 valence electrons. The highest BCUT2D eigenvalue weighted by Gasteiger charge is 2.66. The lowest BCUT2D eigenvalue weighted by Crippen LogP contribution is -2.72. The Morgan fingerprint density at radius 3 is 2.44 bits per heavy atom. The van der Waals surface area contributed by atoms with Gasteiger partial charge in [0, 0.05) is 16.1 Å². The maximum absolute atomic E-state index is 13.9. The lowest BCUT2D eigenvalue weighted by molar-refractivity contribution is -0.288. The van der Waals surface area contributed by atoms with Crippen molar-refractivity contribution in [1.82, 2.24) is 10.6 Å². The van der Waals surface area contributed by atoms with Crippen molar-refractivity contribution in [3.8, 4) is 11.3 Å². The summed E-state index contributed by atoms with van der Waals surface area (Å²) < 4.78 is 47.5. The van der Waals surface area contributed by atoms with Gasteiger partial charge >= 0.3 is 12.2 Å². The molecule has 10 heteroatoms. The molecule has 0 saturated carbocycles. The van der Waals surface area contributed by atoms with Crippen molar-refractivity contribution in [1.29, 1.82) is 0 Å². The number of Topliss-reactive ketones (excluding diaryl/α,β-unsaturated/α-hetero) is 1. The SMILES string of the molecule is O=C1N[C@@H](c2ccc(-c3cccc(Cl)c3)o2)[C@@H](C(=O)c2ccccc2)[C@](O)(C(F)(F)F)N1. The van der Waals surface area contributed by atoms with Crippen LogP contribution in [0.3, 0.4) is 0 Å². The van der Waals surface area contributed by atoms with Crippen LogP contribution in [-0.2, 0) is 0 Å². The topological polar surface area (TPSA) is 91.6 Å². The van der Waals surface area contributed by atoms with Gasteiger partial charge in [-0.15, -0.1) is 0 Å². The van der Waals surface area contributed by atoms with E-state index < -0.39 is 35.7 Å². The summed E-state index contributed by atoms with van der Waals surface area (Å²) in [6.45, 7) is 0. The van der Waals surface area contributed by atoms with Crippen molar-refractivity contribution in [2.45, 2.75) is 17.9 Å². The van der Waals surface area contributed by atoms with Crippen LogP contribution in [0.2, 0.25) is 5.02 Å². The smallest absolute Gasteiger partial charge is 0.437 e. The van der Waals surface area contributed by atoms with Crippen LogP contribution in [0.5, 0.6) is 0 Å². The van der Waals surface area contributed by atoms with E-state index in [4.69, 9.17) is 16.0 Å². The predicted octanol–water partition coefficient (Wildman–Crippen LogP) is 4.70. The number of hydrogen-bond donors (Lipinski definition) is 3. The number of urea groups is 1. The van der Waals surface area contributed by atoms with Gasteiger partial charge < -0.3 is 20.2 Å². The van der Waals surface area contributed by atoms with E-state index >= 15 is 0 Å². The molecular formula is C22H16ClF3N2O4. The quantitative estimate of drug-likeness (QED) is 0.488. The first-order valence-corrected chi connectivity index (χ1v) is 9.80. The molecule has 6 nitrogen and oxygen atoms in total. The fourth-order valence-corrected chi connectivity index (χ4v) is 3.87. The Labute approximate surface area is 185 Å². The van der Waals surface area contributed by atoms with Gasteiger partial charge in [0.1, 0.15) is 23.5 Å². The van der Waals surface area contributed by atoms with E-state index in [1.54, 1.807) is 30.3 Å². The van der Waals surface area contributed by atoms with Crippen LogP contribution in [0.1, 0.15) is 22.2 Å². The molecule has 2 amide bonds. The number of hydrogen-bond acceptors (Lipinski definition) is 4. The number of benzene rings is 2. The molecule has 2 aromatic carbocycles. The highest BCUT2D eigenvalue weighted by molar-refractivity contribution is 6.30. The summed E-state index contributed by atoms with van der Waals surface area (Å²) >= 11 is 5.98. The van der Waals surface area contributed by atoms with Crippen LogP contribution in [0.15, 0.2) is 71.1 Å². The first-order valence-electron chi connectivity index (χ1n) is 9.43. The summed E-state index contributed by atoms with van der Waals surface area (Å²) in [7, 11) is 0. The molecule has 32 heavy (non-hydrogen) atoms. The van der Waals surface area contributed by atoms with Crippen molar-refractivity contribution < 1.29 is 32.3 Å². The van der Waals surface area contributed by atoms with Gasteiger partial charge in [-0.05, 0) is 24.3 Å². The van der Waals surface area contributed by atoms with Crippen LogP contribution >= 0.6 is 11.6 Å². The molecule has 3 atom stereocenters. The third-order valence-electron chi connectivity index (χ3n) is 5.19. The number of nitrogens with one attached hydrogen (secondary N) is 2. The molecule has 1 saturated heterocycles. The minimum absolute atomic E-state index is 0.0651. The summed E-state index contributed by atoms with van der Waals surface area (Å²) in [4.78, 5) is 25.2. The highest BCUT2D eigenvalue weighted by atomic mass is 35.5. The van der Waals surface area contributed by atoms with Crippen molar-refractivity contribution in [2.75, 3.05) is 0 Å². The number of rotatable bonds is 4. The number of amides is 2. The Morgan fingerprint density at radius 1 is 1.06 bits per heavy atom. The Hall–Kier alpha value is -3.30. The standard InChI is InChI=1S/C22H16ClF3N2O4/c23-14-8-4-7-13(11-14)15-9-10-16(32-15)18-17(19(29)12-5-2-1-3-6-12)21(31,22(24,25)26)28-20(30)27-18/h1-11,17-18,31H,(H2,27,28,30)/t17-,18-,21-/m0/s1. The van der Waals surface area contributed by atoms with E-state index in [-0.39, 0.29) is 17.1 Å². The van der Waals surface area contributed by atoms with Crippen molar-refractivity contribution >= 4 is 23.4 Å². The van der Waals surface area contributed by atoms with E-state index in [2.05, 4.69) is 5.32 Å². The Balaban J connectivity index is 1.81. The van der Waals surface area contributed by atoms with E-state index in [0.29, 0.717) is 10.6 Å². The molecule has 1 aromatic heterocycles. The van der Waals surface area contributed by atoms with Gasteiger partial charge in [-0.2, -0.15) is 13.2 Å². The van der Waals surface area contributed by atoms with Crippen molar-refractivity contribution in [3.63, 3.8) is 0 Å². The fraction of sp³-hybridized carbons (Fsp3) is 0.182. The summed E-state index contributed by atoms with van der Waals surface area (Å²) in [5.41, 5.74) is -3.35. The normalized spacial score (nSPS) is 23.3. The summed E-state index contributed by atoms with van der Waals surface area (Å²) in [5, 5.41) is 14.8. The molecule has 0 aliphatic carbocycles. The number of furan rings is 1. The van der Waals surface area contributed by atoms with Gasteiger partial charge in [0.05, 0.1) is 0 Å². The monoisotopic (exact) mass is 464 g/mol. The highest BCUT2D eigenvalue weighted by Crippen LogP contribution is 2.44. The first kappa shape index (κ1) is 21.9. The molecule has 1 aliphatic rings. The van der Waals surface area contributed by atoms with Gasteiger partial charge in [-0.25, -0.2) is 4.79 Å². The number of alkyl halides is 3.